The van der Waals surface area contributed by atoms with Crippen LogP contribution in [-0.2, 0) is 67.2 Å². The molecule has 7 atom stereocenters. The third-order valence-electron chi connectivity index (χ3n) is 15.0. The van der Waals surface area contributed by atoms with E-state index in [1.807, 2.05) is 31.2 Å². The summed E-state index contributed by atoms with van der Waals surface area (Å²) in [4.78, 5) is 153. The van der Waals surface area contributed by atoms with Crippen molar-refractivity contribution in [3.63, 3.8) is 0 Å². The number of Topliss-reactive ketones (excluding diaryl/α,β-unsaturated/α-hetero) is 3. The van der Waals surface area contributed by atoms with Gasteiger partial charge in [0.25, 0.3) is 0 Å². The molecule has 1 aliphatic heterocycles. The first-order valence-electron chi connectivity index (χ1n) is 30.8. The molecule has 0 spiro atoms. The number of nitrogens with one attached hydrogen (secondary N) is 8. The lowest BCUT2D eigenvalue weighted by Gasteiger charge is -2.27. The van der Waals surface area contributed by atoms with Gasteiger partial charge >= 0.3 is 0 Å². The maximum absolute atomic E-state index is 14.8. The van der Waals surface area contributed by atoms with E-state index >= 15 is 0 Å². The van der Waals surface area contributed by atoms with Crippen LogP contribution >= 0.6 is 0 Å². The maximum atomic E-state index is 14.8. The number of H-pyrrole nitrogens is 2. The molecule has 7 amide bonds. The first kappa shape index (κ1) is 71.7. The lowest BCUT2D eigenvalue weighted by atomic mass is 9.81. The fourth-order valence-electron chi connectivity index (χ4n) is 10.2. The fraction of sp³-hybridized carbons (Fsp3) is 0.508. The minimum absolute atomic E-state index is 0.0303. The quantitative estimate of drug-likeness (QED) is 0.0183. The zero-order valence-corrected chi connectivity index (χ0v) is 51.5. The van der Waals surface area contributed by atoms with Crippen LogP contribution in [0.4, 0.5) is 0 Å². The number of nitrogens with zero attached hydrogens (tertiary/aromatic N) is 2. The van der Waals surface area contributed by atoms with Gasteiger partial charge < -0.3 is 59.1 Å². The van der Waals surface area contributed by atoms with Crippen molar-refractivity contribution in [3.05, 3.63) is 114 Å². The molecular formula is C65H93N13O10. The van der Waals surface area contributed by atoms with Gasteiger partial charge in [-0.1, -0.05) is 106 Å². The number of benzene rings is 2. The predicted octanol–water partition coefficient (Wildman–Crippen LogP) is 4.84. The second kappa shape index (κ2) is 39.8. The molecule has 3 heterocycles. The molecule has 0 radical (unpaired) electrons. The van der Waals surface area contributed by atoms with Gasteiger partial charge in [-0.25, -0.2) is 4.98 Å². The number of unbranched alkanes of at least 4 members (excludes halogenated alkanes) is 2. The number of allylic oxidation sites excluding steroid dienone is 4. The minimum atomic E-state index is -1.40. The van der Waals surface area contributed by atoms with Crippen LogP contribution in [0.25, 0.3) is 10.9 Å². The summed E-state index contributed by atoms with van der Waals surface area (Å²) in [6.45, 7) is 7.35. The Morgan fingerprint density at radius 3 is 2.03 bits per heavy atom. The number of ketones is 3. The minimum Gasteiger partial charge on any atom is -0.370 e. The molecule has 0 unspecified atom stereocenters. The molecule has 1 fully saturated rings. The number of guanidine groups is 1. The lowest BCUT2D eigenvalue weighted by Crippen LogP contribution is -2.58. The number of nitrogens with two attached hydrogens (primary N) is 3. The highest BCUT2D eigenvalue weighted by atomic mass is 16.2. The molecule has 4 aromatic rings. The average molecular weight is 1220 g/mol. The number of fused-ring (bicyclic) bond motifs is 1. The summed E-state index contributed by atoms with van der Waals surface area (Å²) in [6, 6.07) is 11.2. The zero-order valence-electron chi connectivity index (χ0n) is 51.5. The van der Waals surface area contributed by atoms with E-state index in [1.54, 1.807) is 36.5 Å². The molecule has 2 aromatic carbocycles. The second-order valence-corrected chi connectivity index (χ2v) is 22.2. The van der Waals surface area contributed by atoms with Crippen molar-refractivity contribution in [2.45, 2.75) is 174 Å². The van der Waals surface area contributed by atoms with Gasteiger partial charge in [-0.05, 0) is 87.8 Å². The van der Waals surface area contributed by atoms with E-state index in [9.17, 15) is 47.9 Å². The normalized spacial score (nSPS) is 19.5. The first-order valence-corrected chi connectivity index (χ1v) is 30.8. The number of aromatic amines is 2. The van der Waals surface area contributed by atoms with Crippen molar-refractivity contribution in [2.75, 3.05) is 19.6 Å². The molecule has 0 bridgehead atoms. The zero-order chi connectivity index (χ0) is 64.2. The lowest BCUT2D eigenvalue weighted by molar-refractivity contribution is -0.135. The highest BCUT2D eigenvalue weighted by Gasteiger charge is 2.35. The van der Waals surface area contributed by atoms with E-state index < -0.39 is 107 Å². The molecule has 1 saturated heterocycles. The monoisotopic (exact) mass is 1220 g/mol. The number of carbonyl (C=O) groups is 10. The molecule has 0 saturated carbocycles. The number of aliphatic imine (C=N–C) groups is 1. The van der Waals surface area contributed by atoms with Crippen LogP contribution in [-0.4, -0.2) is 123 Å². The Hall–Kier alpha value is -8.76. The van der Waals surface area contributed by atoms with E-state index in [0.717, 1.165) is 29.3 Å². The number of imidazole rings is 1. The van der Waals surface area contributed by atoms with Gasteiger partial charge in [0.15, 0.2) is 11.7 Å². The predicted molar refractivity (Wildman–Crippen MR) is 338 cm³/mol. The second-order valence-electron chi connectivity index (χ2n) is 22.2. The van der Waals surface area contributed by atoms with Crippen LogP contribution in [0.2, 0.25) is 0 Å². The number of rotatable bonds is 25. The molecular weight excluding hydrogens is 1120 g/mol. The number of amides is 7. The molecule has 478 valence electrons. The molecule has 14 N–H and O–H groups in total. The SMILES string of the molecule is CCC=CCCC=CCC.CCCC[C@H](NC(C)=O)C(=O)N[C@H]1CCNC(=O)CCC(=O)NCC[C@@H](C(=O)C[C@@H](Cc2c[nH]c3ccccc23)C(N)=O)CC(=O)[C@H](CCCN=C(N)N)CC(=O)[C@@H](Cc2ccccc2)NC(=O)[C@H](Cc2cnc[nH]2)NC1=O. The van der Waals surface area contributed by atoms with Crippen molar-refractivity contribution < 1.29 is 47.9 Å². The van der Waals surface area contributed by atoms with Crippen molar-refractivity contribution in [1.82, 2.24) is 46.9 Å². The van der Waals surface area contributed by atoms with Gasteiger partial charge in [0.1, 0.15) is 29.7 Å². The highest BCUT2D eigenvalue weighted by molar-refractivity contribution is 5.98. The van der Waals surface area contributed by atoms with Gasteiger partial charge in [-0.15, -0.1) is 0 Å². The number of aromatic nitrogens is 3. The molecule has 1 aliphatic rings. The van der Waals surface area contributed by atoms with E-state index in [4.69, 9.17) is 17.2 Å². The summed E-state index contributed by atoms with van der Waals surface area (Å²) >= 11 is 0. The van der Waals surface area contributed by atoms with Gasteiger partial charge in [0.05, 0.1) is 12.4 Å². The highest BCUT2D eigenvalue weighted by Crippen LogP contribution is 2.27. The van der Waals surface area contributed by atoms with Gasteiger partial charge in [0, 0.05) is 112 Å². The van der Waals surface area contributed by atoms with Gasteiger partial charge in [0.2, 0.25) is 41.4 Å². The topological polar surface area (TPSA) is 378 Å². The van der Waals surface area contributed by atoms with Crippen molar-refractivity contribution >= 4 is 75.6 Å². The van der Waals surface area contributed by atoms with E-state index in [2.05, 4.69) is 90.0 Å². The Kier molecular flexibility index (Phi) is 32.5. The Morgan fingerprint density at radius 1 is 0.750 bits per heavy atom. The van der Waals surface area contributed by atoms with Crippen LogP contribution < -0.4 is 49.1 Å². The van der Waals surface area contributed by atoms with Gasteiger partial charge in [-0.3, -0.25) is 52.9 Å². The number of hydrogen-bond acceptors (Lipinski definition) is 12. The Balaban J connectivity index is 0.00000151. The number of carbonyl (C=O) groups excluding carboxylic acids is 10. The summed E-state index contributed by atoms with van der Waals surface area (Å²) < 4.78 is 0. The Morgan fingerprint density at radius 2 is 1.41 bits per heavy atom. The van der Waals surface area contributed by atoms with Crippen LogP contribution in [0.15, 0.2) is 103 Å². The Labute approximate surface area is 516 Å². The summed E-state index contributed by atoms with van der Waals surface area (Å²) in [7, 11) is 0. The summed E-state index contributed by atoms with van der Waals surface area (Å²) in [5.41, 5.74) is 19.8. The maximum Gasteiger partial charge on any atom is 0.243 e. The van der Waals surface area contributed by atoms with Gasteiger partial charge in [-0.2, -0.15) is 0 Å². The largest absolute Gasteiger partial charge is 0.370 e. The molecule has 23 heteroatoms. The molecule has 0 aliphatic carbocycles. The van der Waals surface area contributed by atoms with Crippen molar-refractivity contribution in [3.8, 4) is 0 Å². The van der Waals surface area contributed by atoms with Crippen molar-refractivity contribution in [1.29, 1.82) is 0 Å². The third kappa shape index (κ3) is 26.9. The Bertz CT molecular complexity index is 2960. The number of hydrogen-bond donors (Lipinski definition) is 11. The standard InChI is InChI=1S/C55H75N13O10.C10H18/c1-3-4-15-42(65-33(2)69)52(76)66-43-20-23-61-50(74)18-17-49(73)60-22-19-36(47(71)28-37(51(56)75)25-38-30-63-41-16-9-8-14-40(38)41)26-46(70)35(13-10-21-62-55(57)58)27-48(72)44(24-34-11-6-5-7-12-34)67-54(78)45(68-53(43)77)29-39-31-59-32-64-39;1-3-5-7-9-10-8-6-4-2/h5-9,11-12,14,16,30-32,35-37,42-45,63H,3-4,10,13,15,17-29H2,1-2H3,(H2,56,75)(H,59,64)(H,60,73)(H,61,74)(H,65,69)(H,66,76)(H,67,78)(H,68,77)(H4,57,58,62);5-8H,3-4,9-10H2,1-2H3/t35-,36-,37-,42+,43+,44-,45+;/m1./s1. The molecule has 2 aromatic heterocycles. The van der Waals surface area contributed by atoms with E-state index in [0.29, 0.717) is 24.1 Å². The van der Waals surface area contributed by atoms with Crippen LogP contribution in [0.5, 0.6) is 0 Å². The van der Waals surface area contributed by atoms with Crippen LogP contribution in [0, 0.1) is 17.8 Å². The first-order chi connectivity index (χ1) is 42.3. The summed E-state index contributed by atoms with van der Waals surface area (Å²) in [5.74, 6) is -9.29. The molecule has 23 nitrogen and oxygen atoms in total. The summed E-state index contributed by atoms with van der Waals surface area (Å²) in [5, 5.41) is 17.1. The van der Waals surface area contributed by atoms with E-state index in [-0.39, 0.29) is 103 Å². The average Bonchev–Trinajstić information content (AvgIpc) is 2.57. The fourth-order valence-corrected chi connectivity index (χ4v) is 10.2. The molecule has 88 heavy (non-hydrogen) atoms. The molecule has 5 rings (SSSR count). The van der Waals surface area contributed by atoms with Crippen molar-refractivity contribution in [2.24, 2.45) is 39.9 Å². The number of para-hydroxylation sites is 1. The third-order valence-corrected chi connectivity index (χ3v) is 15.0. The summed E-state index contributed by atoms with van der Waals surface area (Å²) in [6.07, 6.45) is 18.2. The van der Waals surface area contributed by atoms with E-state index in [1.165, 1.54) is 32.3 Å². The smallest absolute Gasteiger partial charge is 0.243 e. The van der Waals surface area contributed by atoms with Crippen LogP contribution in [0.3, 0.4) is 0 Å². The van der Waals surface area contributed by atoms with Crippen LogP contribution in [0.1, 0.15) is 147 Å². The number of primary amides is 1.